The van der Waals surface area contributed by atoms with Crippen LogP contribution in [-0.4, -0.2) is 25.0 Å². The fraction of sp³-hybridized carbons (Fsp3) is 0.960. The van der Waals surface area contributed by atoms with Crippen LogP contribution in [0.3, 0.4) is 0 Å². The predicted octanol–water partition coefficient (Wildman–Crippen LogP) is 4.90. The van der Waals surface area contributed by atoms with E-state index in [1.165, 1.54) is 57.8 Å². The van der Waals surface area contributed by atoms with E-state index in [4.69, 9.17) is 0 Å². The molecule has 0 bridgehead atoms. The average Bonchev–Trinajstić information content (AvgIpc) is 3.22. The first-order valence-corrected chi connectivity index (χ1v) is 12.2. The van der Waals surface area contributed by atoms with Crippen LogP contribution in [0.5, 0.6) is 0 Å². The molecule has 0 heterocycles. The molecule has 1 amide bonds. The van der Waals surface area contributed by atoms with Gasteiger partial charge in [0.05, 0.1) is 0 Å². The number of amides is 1. The molecule has 5 aliphatic carbocycles. The summed E-state index contributed by atoms with van der Waals surface area (Å²) in [6.07, 6.45) is 14.3. The normalized spacial score (nSPS) is 55.3. The van der Waals surface area contributed by atoms with Crippen LogP contribution in [0.2, 0.25) is 0 Å². The molecule has 0 aromatic rings. The Morgan fingerprint density at radius 3 is 2.46 bits per heavy atom. The van der Waals surface area contributed by atoms with E-state index in [0.29, 0.717) is 33.6 Å². The second kappa shape index (κ2) is 5.99. The van der Waals surface area contributed by atoms with Crippen LogP contribution < -0.4 is 10.6 Å². The Balaban J connectivity index is 1.43. The number of hydrogen-bond acceptors (Lipinski definition) is 2. The lowest BCUT2D eigenvalue weighted by Gasteiger charge is -2.61. The second-order valence-electron chi connectivity index (χ2n) is 12.0. The summed E-state index contributed by atoms with van der Waals surface area (Å²) in [5, 5.41) is 6.85. The molecule has 2 N–H and O–H groups in total. The van der Waals surface area contributed by atoms with Gasteiger partial charge in [-0.1, -0.05) is 13.8 Å². The molecule has 2 unspecified atom stereocenters. The van der Waals surface area contributed by atoms with E-state index in [9.17, 15) is 4.79 Å². The summed E-state index contributed by atoms with van der Waals surface area (Å²) in [5.41, 5.74) is 2.24. The van der Waals surface area contributed by atoms with Crippen molar-refractivity contribution in [1.82, 2.24) is 10.6 Å². The molecular formula is C25H42N2O. The molecule has 9 atom stereocenters. The van der Waals surface area contributed by atoms with Crippen LogP contribution in [0.1, 0.15) is 91.9 Å². The highest BCUT2D eigenvalue weighted by molar-refractivity contribution is 5.73. The number of fused-ring (bicyclic) bond motifs is 2. The van der Waals surface area contributed by atoms with Crippen molar-refractivity contribution in [3.05, 3.63) is 0 Å². The van der Waals surface area contributed by atoms with Crippen LogP contribution in [0.4, 0.5) is 0 Å². The Kier molecular flexibility index (Phi) is 4.15. The number of nitrogens with one attached hydrogen (secondary N) is 2. The molecule has 0 aromatic heterocycles. The van der Waals surface area contributed by atoms with Gasteiger partial charge < -0.3 is 10.6 Å². The first-order valence-electron chi connectivity index (χ1n) is 12.2. The van der Waals surface area contributed by atoms with Gasteiger partial charge in [-0.2, -0.15) is 0 Å². The third-order valence-electron chi connectivity index (χ3n) is 11.7. The zero-order valence-corrected chi connectivity index (χ0v) is 18.9. The predicted molar refractivity (Wildman–Crippen MR) is 114 cm³/mol. The van der Waals surface area contributed by atoms with Crippen LogP contribution in [-0.2, 0) is 4.79 Å². The summed E-state index contributed by atoms with van der Waals surface area (Å²) in [6.45, 7) is 9.22. The molecule has 3 heteroatoms. The Hall–Kier alpha value is -0.570. The Bertz CT molecular complexity index is 677. The molecule has 0 aromatic carbocycles. The minimum atomic E-state index is 0.139. The van der Waals surface area contributed by atoms with Crippen LogP contribution in [0.25, 0.3) is 0 Å². The fourth-order valence-electron chi connectivity index (χ4n) is 10.2. The first kappa shape index (κ1) is 19.4. The van der Waals surface area contributed by atoms with Gasteiger partial charge >= 0.3 is 0 Å². The molecule has 3 nitrogen and oxygen atoms in total. The number of carbonyl (C=O) groups is 1. The highest BCUT2D eigenvalue weighted by Gasteiger charge is 2.80. The van der Waals surface area contributed by atoms with Crippen molar-refractivity contribution < 1.29 is 4.79 Å². The summed E-state index contributed by atoms with van der Waals surface area (Å²) in [4.78, 5) is 11.7. The molecule has 0 radical (unpaired) electrons. The van der Waals surface area contributed by atoms with Crippen molar-refractivity contribution in [3.63, 3.8) is 0 Å². The molecule has 0 saturated heterocycles. The molecule has 5 fully saturated rings. The van der Waals surface area contributed by atoms with Crippen molar-refractivity contribution in [1.29, 1.82) is 0 Å². The Morgan fingerprint density at radius 2 is 1.75 bits per heavy atom. The molecule has 28 heavy (non-hydrogen) atoms. The summed E-state index contributed by atoms with van der Waals surface area (Å²) < 4.78 is 0. The van der Waals surface area contributed by atoms with Crippen LogP contribution in [0.15, 0.2) is 0 Å². The molecule has 5 aliphatic rings. The molecule has 5 saturated carbocycles. The quantitative estimate of drug-likeness (QED) is 0.724. The highest BCUT2D eigenvalue weighted by atomic mass is 16.1. The summed E-state index contributed by atoms with van der Waals surface area (Å²) in [6, 6.07) is 1.08. The van der Waals surface area contributed by atoms with Gasteiger partial charge in [-0.25, -0.2) is 0 Å². The Morgan fingerprint density at radius 1 is 0.964 bits per heavy atom. The SMILES string of the molecule is CNC1CC[C@]23C[C@]24CC[C@]2(C)[C@@H](C(C)NC(C)=O)CC[C@]2(C)[C@@H]4CC[C@H]3C1. The number of carbonyl (C=O) groups excluding carboxylic acids is 1. The van der Waals surface area contributed by atoms with E-state index in [0.717, 1.165) is 17.9 Å². The number of rotatable bonds is 3. The van der Waals surface area contributed by atoms with E-state index in [-0.39, 0.29) is 5.91 Å². The minimum absolute atomic E-state index is 0.139. The topological polar surface area (TPSA) is 41.1 Å². The second-order valence-corrected chi connectivity index (χ2v) is 12.0. The molecule has 2 spiro atoms. The summed E-state index contributed by atoms with van der Waals surface area (Å²) >= 11 is 0. The van der Waals surface area contributed by atoms with E-state index in [2.05, 4.69) is 38.5 Å². The largest absolute Gasteiger partial charge is 0.354 e. The van der Waals surface area contributed by atoms with E-state index in [1.54, 1.807) is 13.3 Å². The Labute approximate surface area is 172 Å². The van der Waals surface area contributed by atoms with Gasteiger partial charge in [0.15, 0.2) is 0 Å². The fourth-order valence-corrected chi connectivity index (χ4v) is 10.2. The average molecular weight is 387 g/mol. The van der Waals surface area contributed by atoms with Gasteiger partial charge in [0, 0.05) is 19.0 Å². The third-order valence-corrected chi connectivity index (χ3v) is 11.7. The van der Waals surface area contributed by atoms with Gasteiger partial charge in [-0.3, -0.25) is 4.79 Å². The summed E-state index contributed by atoms with van der Waals surface area (Å²) in [7, 11) is 2.17. The molecular weight excluding hydrogens is 344 g/mol. The van der Waals surface area contributed by atoms with Gasteiger partial charge in [0.25, 0.3) is 0 Å². The van der Waals surface area contributed by atoms with Gasteiger partial charge in [-0.15, -0.1) is 0 Å². The maximum Gasteiger partial charge on any atom is 0.217 e. The van der Waals surface area contributed by atoms with Crippen molar-refractivity contribution >= 4 is 5.91 Å². The van der Waals surface area contributed by atoms with Crippen LogP contribution >= 0.6 is 0 Å². The standard InChI is InChI=1S/C25H42N2O/c1-16(27-17(2)28)20-9-10-23(4)21-7-6-18-14-19(26-5)8-11-24(18)15-25(21,24)13-12-22(20,23)3/h16,18-21,26H,6-15H2,1-5H3,(H,27,28)/t16?,18-,19?,20+,21-,22+,23+,24+,25-/m0/s1. The van der Waals surface area contributed by atoms with Gasteiger partial charge in [-0.05, 0) is 118 Å². The third kappa shape index (κ3) is 2.18. The van der Waals surface area contributed by atoms with Crippen molar-refractivity contribution in [2.24, 2.45) is 39.4 Å². The monoisotopic (exact) mass is 386 g/mol. The van der Waals surface area contributed by atoms with E-state index in [1.807, 2.05) is 0 Å². The number of hydrogen-bond donors (Lipinski definition) is 2. The van der Waals surface area contributed by atoms with Gasteiger partial charge in [0.2, 0.25) is 5.91 Å². The summed E-state index contributed by atoms with van der Waals surface area (Å²) in [5.74, 6) is 2.69. The smallest absolute Gasteiger partial charge is 0.217 e. The molecule has 5 rings (SSSR count). The molecule has 158 valence electrons. The van der Waals surface area contributed by atoms with Crippen LogP contribution in [0, 0.1) is 39.4 Å². The zero-order chi connectivity index (χ0) is 19.9. The molecule has 0 aliphatic heterocycles. The highest BCUT2D eigenvalue weighted by Crippen LogP contribution is 2.87. The van der Waals surface area contributed by atoms with Crippen molar-refractivity contribution in [3.8, 4) is 0 Å². The lowest BCUT2D eigenvalue weighted by atomic mass is 9.43. The van der Waals surface area contributed by atoms with Gasteiger partial charge in [0.1, 0.15) is 0 Å². The minimum Gasteiger partial charge on any atom is -0.354 e. The zero-order valence-electron chi connectivity index (χ0n) is 18.9. The van der Waals surface area contributed by atoms with E-state index < -0.39 is 0 Å². The lowest BCUT2D eigenvalue weighted by molar-refractivity contribution is -0.130. The first-order chi connectivity index (χ1) is 13.2. The lowest BCUT2D eigenvalue weighted by Crippen LogP contribution is -2.56. The van der Waals surface area contributed by atoms with Crippen molar-refractivity contribution in [2.45, 2.75) is 104 Å². The maximum atomic E-state index is 11.7. The van der Waals surface area contributed by atoms with E-state index >= 15 is 0 Å². The maximum absolute atomic E-state index is 11.7. The van der Waals surface area contributed by atoms with Crippen molar-refractivity contribution in [2.75, 3.05) is 7.05 Å².